The molecule has 0 aliphatic carbocycles. The molecule has 6 nitrogen and oxygen atoms in total. The lowest BCUT2D eigenvalue weighted by atomic mass is 10.2. The smallest absolute Gasteiger partial charge is 0.369 e. The molecule has 26 heavy (non-hydrogen) atoms. The Hall–Kier alpha value is -2.39. The molecule has 0 aliphatic rings. The lowest BCUT2D eigenvalue weighted by Gasteiger charge is -2.07. The van der Waals surface area contributed by atoms with Crippen molar-refractivity contribution >= 4 is 35.4 Å². The molecule has 2 aromatic rings. The van der Waals surface area contributed by atoms with Crippen LogP contribution in [0.3, 0.4) is 0 Å². The summed E-state index contributed by atoms with van der Waals surface area (Å²) in [4.78, 5) is 11.7. The molecular weight excluding hydrogens is 392 g/mol. The quantitative estimate of drug-likeness (QED) is 0.353. The van der Waals surface area contributed by atoms with Gasteiger partial charge in [0, 0.05) is 17.5 Å². The highest BCUT2D eigenvalue weighted by Gasteiger charge is 2.31. The van der Waals surface area contributed by atoms with Gasteiger partial charge in [-0.25, -0.2) is 15.4 Å². The SMILES string of the molecule is Cc1ccc(CN=C(N)NN=Cc2ncc(C(F)(F)F)cc2Cl)c(Cl)n1. The van der Waals surface area contributed by atoms with Crippen molar-refractivity contribution < 1.29 is 13.2 Å². The van der Waals surface area contributed by atoms with Crippen molar-refractivity contribution in [3.63, 3.8) is 0 Å². The van der Waals surface area contributed by atoms with Gasteiger partial charge in [-0.3, -0.25) is 4.98 Å². The first-order valence-corrected chi connectivity index (χ1v) is 7.86. The Kier molecular flexibility index (Phi) is 6.38. The van der Waals surface area contributed by atoms with Gasteiger partial charge in [0.15, 0.2) is 0 Å². The van der Waals surface area contributed by atoms with Crippen molar-refractivity contribution in [2.45, 2.75) is 19.6 Å². The van der Waals surface area contributed by atoms with E-state index < -0.39 is 11.7 Å². The van der Waals surface area contributed by atoms with Crippen LogP contribution in [0, 0.1) is 6.92 Å². The van der Waals surface area contributed by atoms with Crippen LogP contribution in [0.15, 0.2) is 34.5 Å². The number of halogens is 5. The van der Waals surface area contributed by atoms with E-state index in [4.69, 9.17) is 28.9 Å². The highest BCUT2D eigenvalue weighted by atomic mass is 35.5. The zero-order valence-corrected chi connectivity index (χ0v) is 14.9. The number of rotatable bonds is 4. The second-order valence-electron chi connectivity index (χ2n) is 5.06. The Labute approximate surface area is 157 Å². The molecule has 0 atom stereocenters. The maximum atomic E-state index is 12.5. The van der Waals surface area contributed by atoms with E-state index in [1.165, 1.54) is 0 Å². The Bertz CT molecular complexity index is 852. The van der Waals surface area contributed by atoms with Gasteiger partial charge in [0.05, 0.1) is 23.3 Å². The number of aromatic nitrogens is 2. The lowest BCUT2D eigenvalue weighted by Crippen LogP contribution is -2.27. The number of alkyl halides is 3. The first-order valence-electron chi connectivity index (χ1n) is 7.10. The minimum absolute atomic E-state index is 0.0269. The number of guanidine groups is 1. The Morgan fingerprint density at radius 1 is 1.35 bits per heavy atom. The molecule has 0 aromatic carbocycles. The van der Waals surface area contributed by atoms with Crippen LogP contribution < -0.4 is 11.2 Å². The third-order valence-electron chi connectivity index (χ3n) is 3.05. The lowest BCUT2D eigenvalue weighted by molar-refractivity contribution is -0.137. The van der Waals surface area contributed by atoms with E-state index in [1.54, 1.807) is 12.1 Å². The molecule has 0 aliphatic heterocycles. The second-order valence-corrected chi connectivity index (χ2v) is 5.83. The van der Waals surface area contributed by atoms with E-state index in [0.29, 0.717) is 16.9 Å². The summed E-state index contributed by atoms with van der Waals surface area (Å²) in [5.41, 5.74) is 8.62. The summed E-state index contributed by atoms with van der Waals surface area (Å²) < 4.78 is 37.6. The highest BCUT2D eigenvalue weighted by molar-refractivity contribution is 6.32. The van der Waals surface area contributed by atoms with Crippen molar-refractivity contribution in [3.05, 3.63) is 57.1 Å². The first kappa shape index (κ1) is 19.9. The highest BCUT2D eigenvalue weighted by Crippen LogP contribution is 2.30. The van der Waals surface area contributed by atoms with Gasteiger partial charge in [-0.15, -0.1) is 0 Å². The van der Waals surface area contributed by atoms with E-state index in [1.807, 2.05) is 6.92 Å². The Morgan fingerprint density at radius 2 is 2.08 bits per heavy atom. The molecule has 0 saturated carbocycles. The number of nitrogens with zero attached hydrogens (tertiary/aromatic N) is 4. The van der Waals surface area contributed by atoms with E-state index >= 15 is 0 Å². The van der Waals surface area contributed by atoms with Crippen molar-refractivity contribution in [2.75, 3.05) is 0 Å². The van der Waals surface area contributed by atoms with Crippen LogP contribution in [0.2, 0.25) is 10.2 Å². The molecule has 0 unspecified atom stereocenters. The van der Waals surface area contributed by atoms with Gasteiger partial charge in [-0.05, 0) is 19.1 Å². The molecule has 0 radical (unpaired) electrons. The normalized spacial score (nSPS) is 12.6. The number of pyridine rings is 2. The van der Waals surface area contributed by atoms with E-state index in [9.17, 15) is 13.2 Å². The maximum Gasteiger partial charge on any atom is 0.417 e. The van der Waals surface area contributed by atoms with Gasteiger partial charge in [0.25, 0.3) is 0 Å². The molecule has 0 bridgehead atoms. The van der Waals surface area contributed by atoms with Gasteiger partial charge in [0.1, 0.15) is 10.8 Å². The number of nitrogens with one attached hydrogen (secondary N) is 1. The van der Waals surface area contributed by atoms with Gasteiger partial charge < -0.3 is 5.73 Å². The van der Waals surface area contributed by atoms with Crippen LogP contribution in [0.1, 0.15) is 22.5 Å². The van der Waals surface area contributed by atoms with Gasteiger partial charge in [0.2, 0.25) is 5.96 Å². The molecule has 138 valence electrons. The monoisotopic (exact) mass is 404 g/mol. The summed E-state index contributed by atoms with van der Waals surface area (Å²) in [6, 6.07) is 4.33. The molecule has 3 N–H and O–H groups in total. The fraction of sp³-hybridized carbons (Fsp3) is 0.200. The molecule has 11 heteroatoms. The molecule has 2 heterocycles. The van der Waals surface area contributed by atoms with Gasteiger partial charge in [-0.1, -0.05) is 29.3 Å². The maximum absolute atomic E-state index is 12.5. The fourth-order valence-corrected chi connectivity index (χ4v) is 2.21. The van der Waals surface area contributed by atoms with Crippen molar-refractivity contribution in [1.29, 1.82) is 0 Å². The van der Waals surface area contributed by atoms with Crippen LogP contribution in [0.5, 0.6) is 0 Å². The molecule has 0 fully saturated rings. The standard InChI is InChI=1S/C15H13Cl2F3N6/c1-8-2-3-9(13(17)25-8)5-23-14(21)26-24-7-12-11(16)4-10(6-22-12)15(18,19)20/h2-4,6-7H,5H2,1H3,(H3,21,23,26). The van der Waals surface area contributed by atoms with Crippen molar-refractivity contribution in [1.82, 2.24) is 15.4 Å². The molecular formula is C15H13Cl2F3N6. The topological polar surface area (TPSA) is 88.5 Å². The van der Waals surface area contributed by atoms with Crippen molar-refractivity contribution in [2.24, 2.45) is 15.8 Å². The van der Waals surface area contributed by atoms with E-state index in [0.717, 1.165) is 18.0 Å². The predicted octanol–water partition coefficient (Wildman–Crippen LogP) is 3.55. The number of aliphatic imine (C=N–C) groups is 1. The largest absolute Gasteiger partial charge is 0.417 e. The van der Waals surface area contributed by atoms with Crippen LogP contribution >= 0.6 is 23.2 Å². The fourth-order valence-electron chi connectivity index (χ4n) is 1.74. The van der Waals surface area contributed by atoms with Crippen LogP contribution in [-0.2, 0) is 12.7 Å². The predicted molar refractivity (Wildman–Crippen MR) is 94.3 cm³/mol. The van der Waals surface area contributed by atoms with Crippen LogP contribution in [0.4, 0.5) is 13.2 Å². The average Bonchev–Trinajstić information content (AvgIpc) is 2.54. The molecule has 2 aromatic heterocycles. The average molecular weight is 405 g/mol. The number of aryl methyl sites for hydroxylation is 1. The summed E-state index contributed by atoms with van der Waals surface area (Å²) in [7, 11) is 0. The first-order chi connectivity index (χ1) is 12.2. The summed E-state index contributed by atoms with van der Waals surface area (Å²) >= 11 is 11.7. The number of nitrogens with two attached hydrogens (primary N) is 1. The minimum atomic E-state index is -4.52. The third kappa shape index (κ3) is 5.57. The van der Waals surface area contributed by atoms with Gasteiger partial charge in [-0.2, -0.15) is 18.3 Å². The van der Waals surface area contributed by atoms with Crippen LogP contribution in [-0.4, -0.2) is 22.1 Å². The number of hydrazone groups is 1. The minimum Gasteiger partial charge on any atom is -0.369 e. The van der Waals surface area contributed by atoms with Crippen LogP contribution in [0.25, 0.3) is 0 Å². The number of hydrogen-bond acceptors (Lipinski definition) is 4. The van der Waals surface area contributed by atoms with E-state index in [2.05, 4.69) is 25.5 Å². The van der Waals surface area contributed by atoms with Gasteiger partial charge >= 0.3 is 6.18 Å². The summed E-state index contributed by atoms with van der Waals surface area (Å²) in [6.07, 6.45) is -2.73. The molecule has 0 spiro atoms. The molecule has 0 amide bonds. The van der Waals surface area contributed by atoms with E-state index in [-0.39, 0.29) is 23.2 Å². The van der Waals surface area contributed by atoms with Crippen molar-refractivity contribution in [3.8, 4) is 0 Å². The third-order valence-corrected chi connectivity index (χ3v) is 3.68. The molecule has 2 rings (SSSR count). The molecule has 0 saturated heterocycles. The second kappa shape index (κ2) is 8.33. The summed E-state index contributed by atoms with van der Waals surface area (Å²) in [5.74, 6) is -0.0269. The Balaban J connectivity index is 1.99. The Morgan fingerprint density at radius 3 is 2.69 bits per heavy atom. The number of hydrogen-bond donors (Lipinski definition) is 2. The summed E-state index contributed by atoms with van der Waals surface area (Å²) in [5, 5.41) is 3.86. The zero-order chi connectivity index (χ0) is 19.3. The zero-order valence-electron chi connectivity index (χ0n) is 13.3. The summed E-state index contributed by atoms with van der Waals surface area (Å²) in [6.45, 7) is 1.99.